The van der Waals surface area contributed by atoms with Crippen molar-refractivity contribution in [3.63, 3.8) is 0 Å². The number of pyridine rings is 1. The molecule has 0 unspecified atom stereocenters. The Balaban J connectivity index is 1.50. The average Bonchev–Trinajstić information content (AvgIpc) is 2.65. The van der Waals surface area contributed by atoms with Crippen LogP contribution in [0.5, 0.6) is 0 Å². The van der Waals surface area contributed by atoms with Crippen molar-refractivity contribution in [1.82, 2.24) is 9.88 Å². The van der Waals surface area contributed by atoms with Crippen LogP contribution in [0.4, 0.5) is 0 Å². The number of rotatable bonds is 5. The second-order valence-electron chi connectivity index (χ2n) is 6.68. The van der Waals surface area contributed by atoms with E-state index < -0.39 is 0 Å². The molecule has 5 nitrogen and oxygen atoms in total. The second-order valence-corrected chi connectivity index (χ2v) is 7.67. The van der Waals surface area contributed by atoms with Gasteiger partial charge in [0.15, 0.2) is 6.61 Å². The molecule has 1 saturated heterocycles. The lowest BCUT2D eigenvalue weighted by atomic mass is 10.0. The number of hydrogen-bond donors (Lipinski definition) is 0. The number of para-hydroxylation sites is 1. The summed E-state index contributed by atoms with van der Waals surface area (Å²) in [6.07, 6.45) is 3.19. The van der Waals surface area contributed by atoms with Crippen LogP contribution < -0.4 is 0 Å². The van der Waals surface area contributed by atoms with Gasteiger partial charge in [0.25, 0.3) is 5.91 Å². The first kappa shape index (κ1) is 18.7. The van der Waals surface area contributed by atoms with Gasteiger partial charge in [0, 0.05) is 18.0 Å². The molecule has 1 atom stereocenters. The van der Waals surface area contributed by atoms with E-state index >= 15 is 0 Å². The standard InChI is InChI=1S/C20H24N2O3S/c1-14-11-18(21-17-9-4-3-8-16(14)17)26-13-20(24)25-12-19(23)22-10-6-5-7-15(22)2/h3-4,8-9,11,15H,5-7,10,12-13H2,1-2H3/t15-/m1/s1. The van der Waals surface area contributed by atoms with E-state index in [1.807, 2.05) is 49.1 Å². The summed E-state index contributed by atoms with van der Waals surface area (Å²) in [6.45, 7) is 4.66. The largest absolute Gasteiger partial charge is 0.455 e. The Hall–Kier alpha value is -2.08. The molecule has 0 saturated carbocycles. The molecule has 0 radical (unpaired) electrons. The first-order valence-electron chi connectivity index (χ1n) is 8.99. The molecular formula is C20H24N2O3S. The highest BCUT2D eigenvalue weighted by molar-refractivity contribution is 7.99. The summed E-state index contributed by atoms with van der Waals surface area (Å²) in [5.74, 6) is -0.344. The molecule has 1 aliphatic heterocycles. The number of aromatic nitrogens is 1. The molecular weight excluding hydrogens is 348 g/mol. The van der Waals surface area contributed by atoms with Gasteiger partial charge in [0.05, 0.1) is 16.3 Å². The molecule has 0 bridgehead atoms. The van der Waals surface area contributed by atoms with Crippen LogP contribution in [-0.4, -0.2) is 46.7 Å². The van der Waals surface area contributed by atoms with Crippen LogP contribution in [-0.2, 0) is 14.3 Å². The van der Waals surface area contributed by atoms with Gasteiger partial charge in [-0.2, -0.15) is 0 Å². The Morgan fingerprint density at radius 1 is 1.31 bits per heavy atom. The van der Waals surface area contributed by atoms with Crippen molar-refractivity contribution in [1.29, 1.82) is 0 Å². The average molecular weight is 372 g/mol. The topological polar surface area (TPSA) is 59.5 Å². The zero-order valence-corrected chi connectivity index (χ0v) is 16.1. The summed E-state index contributed by atoms with van der Waals surface area (Å²) in [5.41, 5.74) is 2.04. The lowest BCUT2D eigenvalue weighted by Crippen LogP contribution is -2.44. The third-order valence-electron chi connectivity index (χ3n) is 4.72. The van der Waals surface area contributed by atoms with Crippen molar-refractivity contribution >= 4 is 34.5 Å². The first-order valence-corrected chi connectivity index (χ1v) is 9.97. The molecule has 1 amide bonds. The van der Waals surface area contributed by atoms with Gasteiger partial charge in [0.2, 0.25) is 0 Å². The number of aryl methyl sites for hydroxylation is 1. The third kappa shape index (κ3) is 4.55. The number of benzene rings is 1. The molecule has 1 aromatic heterocycles. The van der Waals surface area contributed by atoms with E-state index in [-0.39, 0.29) is 30.3 Å². The predicted octanol–water partition coefficient (Wildman–Crippen LogP) is 3.58. The summed E-state index contributed by atoms with van der Waals surface area (Å²) >= 11 is 1.33. The number of thioether (sulfide) groups is 1. The minimum atomic E-state index is -0.388. The third-order valence-corrected chi connectivity index (χ3v) is 5.60. The number of amides is 1. The Morgan fingerprint density at radius 3 is 2.92 bits per heavy atom. The first-order chi connectivity index (χ1) is 12.5. The highest BCUT2D eigenvalue weighted by Gasteiger charge is 2.23. The Bertz CT molecular complexity index is 809. The Morgan fingerprint density at radius 2 is 2.12 bits per heavy atom. The number of piperidine rings is 1. The zero-order chi connectivity index (χ0) is 18.5. The van der Waals surface area contributed by atoms with Crippen LogP contribution in [0, 0.1) is 6.92 Å². The SMILES string of the molecule is Cc1cc(SCC(=O)OCC(=O)N2CCCC[C@H]2C)nc2ccccc12. The summed E-state index contributed by atoms with van der Waals surface area (Å²) in [7, 11) is 0. The lowest BCUT2D eigenvalue weighted by Gasteiger charge is -2.33. The Kier molecular flexibility index (Phi) is 6.14. The van der Waals surface area contributed by atoms with Crippen LogP contribution >= 0.6 is 11.8 Å². The predicted molar refractivity (Wildman–Crippen MR) is 103 cm³/mol. The summed E-state index contributed by atoms with van der Waals surface area (Å²) in [5, 5.41) is 1.90. The molecule has 1 aromatic carbocycles. The van der Waals surface area contributed by atoms with Gasteiger partial charge >= 0.3 is 5.97 Å². The maximum absolute atomic E-state index is 12.2. The van der Waals surface area contributed by atoms with Crippen LogP contribution in [0.3, 0.4) is 0 Å². The molecule has 26 heavy (non-hydrogen) atoms. The molecule has 0 N–H and O–H groups in total. The highest BCUT2D eigenvalue weighted by atomic mass is 32.2. The molecule has 0 aliphatic carbocycles. The summed E-state index contributed by atoms with van der Waals surface area (Å²) in [6, 6.07) is 10.1. The number of ether oxygens (including phenoxy) is 1. The summed E-state index contributed by atoms with van der Waals surface area (Å²) in [4.78, 5) is 30.6. The normalized spacial score (nSPS) is 17.3. The van der Waals surface area contributed by atoms with Gasteiger partial charge in [-0.3, -0.25) is 9.59 Å². The Labute approximate surface area is 158 Å². The number of hydrogen-bond acceptors (Lipinski definition) is 5. The molecule has 138 valence electrons. The van der Waals surface area contributed by atoms with Crippen LogP contribution in [0.25, 0.3) is 10.9 Å². The van der Waals surface area contributed by atoms with Crippen LogP contribution in [0.1, 0.15) is 31.7 Å². The van der Waals surface area contributed by atoms with E-state index in [4.69, 9.17) is 4.74 Å². The number of nitrogens with zero attached hydrogens (tertiary/aromatic N) is 2. The molecule has 1 aliphatic rings. The van der Waals surface area contributed by atoms with Gasteiger partial charge in [0.1, 0.15) is 0 Å². The molecule has 2 heterocycles. The van der Waals surface area contributed by atoms with Crippen molar-refractivity contribution in [2.45, 2.75) is 44.2 Å². The molecule has 1 fully saturated rings. The van der Waals surface area contributed by atoms with E-state index in [0.29, 0.717) is 0 Å². The van der Waals surface area contributed by atoms with Gasteiger partial charge in [-0.1, -0.05) is 30.0 Å². The van der Waals surface area contributed by atoms with E-state index in [1.165, 1.54) is 11.8 Å². The second kappa shape index (κ2) is 8.54. The fourth-order valence-corrected chi connectivity index (χ4v) is 4.03. The zero-order valence-electron chi connectivity index (χ0n) is 15.2. The van der Waals surface area contributed by atoms with Crippen molar-refractivity contribution in [2.24, 2.45) is 0 Å². The highest BCUT2D eigenvalue weighted by Crippen LogP contribution is 2.23. The maximum Gasteiger partial charge on any atom is 0.316 e. The van der Waals surface area contributed by atoms with E-state index in [2.05, 4.69) is 4.98 Å². The quantitative estimate of drug-likeness (QED) is 0.593. The van der Waals surface area contributed by atoms with Crippen molar-refractivity contribution < 1.29 is 14.3 Å². The van der Waals surface area contributed by atoms with Crippen molar-refractivity contribution in [3.8, 4) is 0 Å². The van der Waals surface area contributed by atoms with E-state index in [0.717, 1.165) is 47.3 Å². The molecule has 6 heteroatoms. The smallest absolute Gasteiger partial charge is 0.316 e. The van der Waals surface area contributed by atoms with E-state index in [9.17, 15) is 9.59 Å². The molecule has 0 spiro atoms. The minimum absolute atomic E-state index is 0.102. The molecule has 3 rings (SSSR count). The van der Waals surface area contributed by atoms with Gasteiger partial charge < -0.3 is 9.64 Å². The fourth-order valence-electron chi connectivity index (χ4n) is 3.26. The van der Waals surface area contributed by atoms with Gasteiger partial charge in [-0.25, -0.2) is 4.98 Å². The van der Waals surface area contributed by atoms with Crippen molar-refractivity contribution in [2.75, 3.05) is 18.9 Å². The number of esters is 1. The maximum atomic E-state index is 12.2. The van der Waals surface area contributed by atoms with Gasteiger partial charge in [-0.05, 0) is 50.8 Å². The summed E-state index contributed by atoms with van der Waals surface area (Å²) < 4.78 is 5.17. The monoisotopic (exact) mass is 372 g/mol. The number of likely N-dealkylation sites (tertiary alicyclic amines) is 1. The van der Waals surface area contributed by atoms with Crippen LogP contribution in [0.2, 0.25) is 0 Å². The lowest BCUT2D eigenvalue weighted by molar-refractivity contribution is -0.151. The van der Waals surface area contributed by atoms with Gasteiger partial charge in [-0.15, -0.1) is 0 Å². The number of carbonyl (C=O) groups is 2. The number of carbonyl (C=O) groups excluding carboxylic acids is 2. The van der Waals surface area contributed by atoms with Crippen molar-refractivity contribution in [3.05, 3.63) is 35.9 Å². The number of fused-ring (bicyclic) bond motifs is 1. The minimum Gasteiger partial charge on any atom is -0.455 e. The van der Waals surface area contributed by atoms with Crippen LogP contribution in [0.15, 0.2) is 35.4 Å². The van der Waals surface area contributed by atoms with E-state index in [1.54, 1.807) is 0 Å². The molecule has 2 aromatic rings. The fraction of sp³-hybridized carbons (Fsp3) is 0.450.